The smallest absolute Gasteiger partial charge is 0.347 e. The van der Waals surface area contributed by atoms with Crippen LogP contribution in [0.4, 0.5) is 11.6 Å². The molecule has 0 saturated carbocycles. The van der Waals surface area contributed by atoms with Crippen molar-refractivity contribution >= 4 is 17.6 Å². The molecule has 0 aliphatic carbocycles. The van der Waals surface area contributed by atoms with Gasteiger partial charge in [-0.15, -0.1) is 5.17 Å². The van der Waals surface area contributed by atoms with Crippen LogP contribution in [0.15, 0.2) is 27.1 Å². The third-order valence-corrected chi connectivity index (χ3v) is 5.68. The van der Waals surface area contributed by atoms with Gasteiger partial charge in [0.25, 0.3) is 5.56 Å². The van der Waals surface area contributed by atoms with Gasteiger partial charge in [0, 0.05) is 0 Å². The Morgan fingerprint density at radius 2 is 1.57 bits per heavy atom. The fourth-order valence-corrected chi connectivity index (χ4v) is 3.82. The molecule has 204 valence electrons. The van der Waals surface area contributed by atoms with Crippen molar-refractivity contribution in [2.45, 2.75) is 49.1 Å². The molecule has 11 N–H and O–H groups in total. The number of imidazole rings is 1. The number of aliphatic hydroxyl groups excluding tert-OH is 6. The lowest BCUT2D eigenvalue weighted by molar-refractivity contribution is -0.0618. The summed E-state index contributed by atoms with van der Waals surface area (Å²) in [5, 5.41) is 70.4. The Bertz CT molecular complexity index is 1250. The normalized spacial score (nSPS) is 32.8. The second kappa shape index (κ2) is 10.5. The molecule has 2 saturated heterocycles. The predicted molar refractivity (Wildman–Crippen MR) is 116 cm³/mol. The first-order valence-corrected chi connectivity index (χ1v) is 10.7. The third-order valence-electron chi connectivity index (χ3n) is 5.68. The number of hydrogen-bond donors (Lipinski definition) is 10. The van der Waals surface area contributed by atoms with E-state index in [-0.39, 0.29) is 17.6 Å². The number of guanidine groups is 1. The van der Waals surface area contributed by atoms with Crippen molar-refractivity contribution in [3.05, 3.63) is 33.4 Å². The van der Waals surface area contributed by atoms with Gasteiger partial charge in [0.1, 0.15) is 49.1 Å². The maximum atomic E-state index is 11.4. The summed E-state index contributed by atoms with van der Waals surface area (Å²) >= 11 is 0. The Morgan fingerprint density at radius 3 is 2.14 bits per heavy atom. The van der Waals surface area contributed by atoms with Crippen molar-refractivity contribution in [2.24, 2.45) is 10.7 Å². The van der Waals surface area contributed by atoms with Crippen LogP contribution in [0.5, 0.6) is 0 Å². The van der Waals surface area contributed by atoms with Crippen molar-refractivity contribution in [1.29, 1.82) is 0 Å². The largest absolute Gasteiger partial charge is 0.394 e. The molecule has 0 radical (unpaired) electrons. The van der Waals surface area contributed by atoms with Gasteiger partial charge in [-0.2, -0.15) is 14.8 Å². The number of hydrazine groups is 1. The summed E-state index contributed by atoms with van der Waals surface area (Å²) in [6.07, 6.45) is -7.30. The van der Waals surface area contributed by atoms with Gasteiger partial charge in [0.05, 0.1) is 13.2 Å². The summed E-state index contributed by atoms with van der Waals surface area (Å²) in [4.78, 5) is 32.0. The molecule has 37 heavy (non-hydrogen) atoms. The minimum atomic E-state index is -1.41. The molecule has 0 bridgehead atoms. The quantitative estimate of drug-likeness (QED) is 0.175. The number of H-pyrrole nitrogens is 1. The molecule has 0 aromatic carbocycles. The average Bonchev–Trinajstić information content (AvgIpc) is 3.49. The van der Waals surface area contributed by atoms with E-state index in [0.717, 1.165) is 6.20 Å². The van der Waals surface area contributed by atoms with E-state index in [2.05, 4.69) is 20.5 Å². The van der Waals surface area contributed by atoms with Gasteiger partial charge in [0.15, 0.2) is 18.3 Å². The van der Waals surface area contributed by atoms with Gasteiger partial charge in [-0.25, -0.2) is 15.2 Å². The van der Waals surface area contributed by atoms with E-state index in [9.17, 15) is 35.2 Å². The number of nitrogens with one attached hydrogen (secondary N) is 2. The molecule has 3 aliphatic heterocycles. The second-order valence-electron chi connectivity index (χ2n) is 8.06. The van der Waals surface area contributed by atoms with Gasteiger partial charge >= 0.3 is 5.69 Å². The van der Waals surface area contributed by atoms with E-state index < -0.39 is 73.5 Å². The maximum absolute atomic E-state index is 11.4. The molecular weight excluding hydrogens is 506 g/mol. The van der Waals surface area contributed by atoms with Crippen LogP contribution in [-0.4, -0.2) is 116 Å². The van der Waals surface area contributed by atoms with Crippen molar-refractivity contribution in [2.75, 3.05) is 18.4 Å². The first-order valence-electron chi connectivity index (χ1n) is 10.7. The summed E-state index contributed by atoms with van der Waals surface area (Å²) in [7, 11) is 0. The number of rotatable bonds is 4. The van der Waals surface area contributed by atoms with E-state index in [4.69, 9.17) is 25.4 Å². The van der Waals surface area contributed by atoms with E-state index in [1.807, 2.05) is 4.98 Å². The molecule has 5 rings (SSSR count). The highest BCUT2D eigenvalue weighted by atomic mass is 16.6. The predicted octanol–water partition coefficient (Wildman–Crippen LogP) is -6.30. The van der Waals surface area contributed by atoms with Crippen LogP contribution in [0, 0.1) is 0 Å². The number of aromatic nitrogens is 5. The van der Waals surface area contributed by atoms with Crippen LogP contribution >= 0.6 is 0 Å². The molecule has 0 spiro atoms. The zero-order valence-corrected chi connectivity index (χ0v) is 18.7. The van der Waals surface area contributed by atoms with Crippen LogP contribution < -0.4 is 27.6 Å². The number of aliphatic imine (C=N–C) groups is 1. The highest BCUT2D eigenvalue weighted by Gasteiger charge is 2.45. The summed E-state index contributed by atoms with van der Waals surface area (Å²) in [5.41, 5.74) is 6.26. The summed E-state index contributed by atoms with van der Waals surface area (Å²) in [6, 6.07) is 0. The molecule has 20 heteroatoms. The Kier molecular flexibility index (Phi) is 7.54. The summed E-state index contributed by atoms with van der Waals surface area (Å²) in [6.45, 7) is -0.947. The zero-order chi connectivity index (χ0) is 27.0. The Hall–Kier alpha value is -3.47. The minimum Gasteiger partial charge on any atom is -0.394 e. The molecule has 0 amide bonds. The third kappa shape index (κ3) is 4.92. The topological polar surface area (TPSA) is 299 Å². The lowest BCUT2D eigenvalue weighted by Crippen LogP contribution is -2.46. The van der Waals surface area contributed by atoms with Crippen molar-refractivity contribution < 1.29 is 45.3 Å². The number of anilines is 1. The number of aromatic amines is 1. The average molecular weight is 531 g/mol. The van der Waals surface area contributed by atoms with Crippen LogP contribution in [0.2, 0.25) is 0 Å². The standard InChI is InChI=1S/C9H14N6O5.C8H11N3O6/c10-9-12-7-6(15(19)13-9)11-2-14(7)8-5(18)4(17)3(1-16)20-8;12-2-3-5(14)6(15)7(17-3)11-8(16)10-4(13)1-9-11/h2-5,8,16-19H,1H2,(H3,10,12,13);1,3,5-7,12,14-15H,2H2,(H,10,13,16)/t3-,4-,5-,8-;3-,5-,6-,7-/m11/s1. The molecule has 8 atom stereocenters. The van der Waals surface area contributed by atoms with E-state index in [1.165, 1.54) is 10.9 Å². The van der Waals surface area contributed by atoms with E-state index in [1.54, 1.807) is 0 Å². The van der Waals surface area contributed by atoms with Crippen molar-refractivity contribution in [3.8, 4) is 0 Å². The summed E-state index contributed by atoms with van der Waals surface area (Å²) < 4.78 is 12.4. The van der Waals surface area contributed by atoms with Gasteiger partial charge in [-0.05, 0) is 0 Å². The SMILES string of the molecule is NC1=Nc2c(ncn2[C@@H]2O[C@H](CO)[C@@H](O)[C@H]2O)N(O)N1.O=c1cnn([C@@H]2O[C@H](CO)[C@@H](O)[C@H]2O)c(=O)[nH]1. The zero-order valence-electron chi connectivity index (χ0n) is 18.7. The fraction of sp³-hybridized carbons (Fsp3) is 0.588. The molecule has 5 heterocycles. The van der Waals surface area contributed by atoms with E-state index >= 15 is 0 Å². The molecule has 20 nitrogen and oxygen atoms in total. The fourth-order valence-electron chi connectivity index (χ4n) is 3.82. The van der Waals surface area contributed by atoms with Crippen LogP contribution in [0.1, 0.15) is 12.5 Å². The molecule has 2 aromatic heterocycles. The first-order chi connectivity index (χ1) is 17.6. The molecule has 2 fully saturated rings. The molecule has 3 aliphatic rings. The van der Waals surface area contributed by atoms with Crippen molar-refractivity contribution in [3.63, 3.8) is 0 Å². The Labute approximate surface area is 205 Å². The van der Waals surface area contributed by atoms with Crippen LogP contribution in [0.25, 0.3) is 0 Å². The lowest BCUT2D eigenvalue weighted by Gasteiger charge is -2.23. The lowest BCUT2D eigenvalue weighted by atomic mass is 10.1. The monoisotopic (exact) mass is 531 g/mol. The molecule has 2 aromatic rings. The number of nitrogens with zero attached hydrogens (tertiary/aromatic N) is 6. The van der Waals surface area contributed by atoms with Crippen LogP contribution in [0.3, 0.4) is 0 Å². The van der Waals surface area contributed by atoms with Gasteiger partial charge in [-0.3, -0.25) is 19.6 Å². The number of fused-ring (bicyclic) bond motifs is 1. The number of hydrogen-bond acceptors (Lipinski definition) is 17. The van der Waals surface area contributed by atoms with Crippen LogP contribution in [-0.2, 0) is 9.47 Å². The summed E-state index contributed by atoms with van der Waals surface area (Å²) in [5.74, 6) is 0.143. The van der Waals surface area contributed by atoms with Gasteiger partial charge in [-0.1, -0.05) is 0 Å². The van der Waals surface area contributed by atoms with Gasteiger partial charge < -0.3 is 45.8 Å². The van der Waals surface area contributed by atoms with E-state index in [0.29, 0.717) is 9.85 Å². The minimum absolute atomic E-state index is 0.0666. The van der Waals surface area contributed by atoms with Crippen molar-refractivity contribution in [1.82, 2.24) is 29.7 Å². The Morgan fingerprint density at radius 1 is 0.973 bits per heavy atom. The highest BCUT2D eigenvalue weighted by molar-refractivity contribution is 5.86. The number of aliphatic hydroxyl groups is 6. The molecular formula is C17H25N9O11. The second-order valence-corrected chi connectivity index (χ2v) is 8.06. The molecule has 0 unspecified atom stereocenters. The number of nitrogens with two attached hydrogens (primary N) is 1. The Balaban J connectivity index is 0.000000176. The first kappa shape index (κ1) is 26.6. The highest BCUT2D eigenvalue weighted by Crippen LogP contribution is 2.37. The number of ether oxygens (including phenoxy) is 2. The van der Waals surface area contributed by atoms with Gasteiger partial charge in [0.2, 0.25) is 11.8 Å². The maximum Gasteiger partial charge on any atom is 0.347 e.